The zero-order chi connectivity index (χ0) is 18.8. The van der Waals surface area contributed by atoms with Gasteiger partial charge >= 0.3 is 0 Å². The SMILES string of the molecule is N=C(N)c1cc2cc(-c3cccc(OCc4ccc(Cl)cc4)c3)ccc2s1. The summed E-state index contributed by atoms with van der Waals surface area (Å²) in [7, 11) is 0. The Balaban J connectivity index is 1.57. The van der Waals surface area contributed by atoms with E-state index < -0.39 is 0 Å². The Morgan fingerprint density at radius 1 is 0.963 bits per heavy atom. The fourth-order valence-corrected chi connectivity index (χ4v) is 3.90. The number of nitrogen functional groups attached to an aromatic ring is 1. The molecule has 0 aliphatic heterocycles. The number of hydrogen-bond acceptors (Lipinski definition) is 3. The molecular weight excluding hydrogens is 376 g/mol. The van der Waals surface area contributed by atoms with Crippen molar-refractivity contribution < 1.29 is 4.74 Å². The summed E-state index contributed by atoms with van der Waals surface area (Å²) in [5.74, 6) is 0.924. The lowest BCUT2D eigenvalue weighted by atomic mass is 10.0. The number of nitrogens with two attached hydrogens (primary N) is 1. The van der Waals surface area contributed by atoms with Crippen LogP contribution >= 0.6 is 22.9 Å². The third-order valence-corrected chi connectivity index (χ3v) is 5.67. The number of rotatable bonds is 5. The summed E-state index contributed by atoms with van der Waals surface area (Å²) in [4.78, 5) is 0.794. The highest BCUT2D eigenvalue weighted by molar-refractivity contribution is 7.20. The van der Waals surface area contributed by atoms with E-state index in [-0.39, 0.29) is 5.84 Å². The van der Waals surface area contributed by atoms with Crippen LogP contribution in [0.5, 0.6) is 5.75 Å². The zero-order valence-electron chi connectivity index (χ0n) is 14.4. The van der Waals surface area contributed by atoms with Gasteiger partial charge in [0, 0.05) is 9.72 Å². The van der Waals surface area contributed by atoms with Gasteiger partial charge in [0.25, 0.3) is 0 Å². The Labute approximate surface area is 166 Å². The van der Waals surface area contributed by atoms with Crippen LogP contribution < -0.4 is 10.5 Å². The van der Waals surface area contributed by atoms with Crippen molar-refractivity contribution >= 4 is 38.9 Å². The highest BCUT2D eigenvalue weighted by Gasteiger charge is 2.07. The Morgan fingerprint density at radius 2 is 1.74 bits per heavy atom. The fourth-order valence-electron chi connectivity index (χ4n) is 2.87. The average Bonchev–Trinajstić information content (AvgIpc) is 3.11. The minimum absolute atomic E-state index is 0.107. The number of hydrogen-bond donors (Lipinski definition) is 2. The summed E-state index contributed by atoms with van der Waals surface area (Å²) in [6.45, 7) is 0.492. The van der Waals surface area contributed by atoms with E-state index in [9.17, 15) is 0 Å². The Kier molecular flexibility index (Phi) is 4.84. The summed E-state index contributed by atoms with van der Waals surface area (Å²) in [5.41, 5.74) is 8.86. The molecule has 0 spiro atoms. The zero-order valence-corrected chi connectivity index (χ0v) is 16.0. The largest absolute Gasteiger partial charge is 0.489 e. The highest BCUT2D eigenvalue weighted by Crippen LogP contribution is 2.31. The van der Waals surface area contributed by atoms with Crippen LogP contribution in [0, 0.1) is 5.41 Å². The lowest BCUT2D eigenvalue weighted by molar-refractivity contribution is 0.306. The number of fused-ring (bicyclic) bond motifs is 1. The summed E-state index contributed by atoms with van der Waals surface area (Å²) in [5, 5.41) is 9.42. The van der Waals surface area contributed by atoms with Crippen LogP contribution in [0.15, 0.2) is 72.8 Å². The van der Waals surface area contributed by atoms with Crippen LogP contribution in [-0.4, -0.2) is 5.84 Å². The van der Waals surface area contributed by atoms with Gasteiger partial charge in [0.2, 0.25) is 0 Å². The molecule has 134 valence electrons. The predicted molar refractivity (Wildman–Crippen MR) is 114 cm³/mol. The monoisotopic (exact) mass is 392 g/mol. The molecule has 0 aliphatic carbocycles. The molecule has 0 atom stereocenters. The van der Waals surface area contributed by atoms with Gasteiger partial charge < -0.3 is 10.5 Å². The van der Waals surface area contributed by atoms with Gasteiger partial charge in [-0.25, -0.2) is 0 Å². The van der Waals surface area contributed by atoms with Gasteiger partial charge in [-0.2, -0.15) is 0 Å². The van der Waals surface area contributed by atoms with Crippen molar-refractivity contribution in [2.24, 2.45) is 5.73 Å². The minimum Gasteiger partial charge on any atom is -0.489 e. The second-order valence-electron chi connectivity index (χ2n) is 6.22. The van der Waals surface area contributed by atoms with E-state index >= 15 is 0 Å². The molecule has 0 saturated carbocycles. The Hall–Kier alpha value is -2.82. The molecule has 0 aliphatic rings. The maximum atomic E-state index is 7.61. The van der Waals surface area contributed by atoms with Gasteiger partial charge in [-0.3, -0.25) is 5.41 Å². The molecule has 4 aromatic rings. The third-order valence-electron chi connectivity index (χ3n) is 4.27. The van der Waals surface area contributed by atoms with Crippen molar-refractivity contribution in [2.75, 3.05) is 0 Å². The van der Waals surface area contributed by atoms with Gasteiger partial charge in [-0.15, -0.1) is 11.3 Å². The summed E-state index contributed by atoms with van der Waals surface area (Å²) >= 11 is 7.45. The molecule has 3 aromatic carbocycles. The number of halogens is 1. The second kappa shape index (κ2) is 7.43. The molecule has 1 aromatic heterocycles. The van der Waals surface area contributed by atoms with E-state index in [1.165, 1.54) is 11.3 Å². The van der Waals surface area contributed by atoms with Crippen LogP contribution in [-0.2, 0) is 6.61 Å². The second-order valence-corrected chi connectivity index (χ2v) is 7.74. The fraction of sp³-hybridized carbons (Fsp3) is 0.0455. The molecule has 3 nitrogen and oxygen atoms in total. The maximum Gasteiger partial charge on any atom is 0.133 e. The van der Waals surface area contributed by atoms with E-state index in [1.807, 2.05) is 48.5 Å². The first kappa shape index (κ1) is 17.6. The molecule has 0 fully saturated rings. The molecular formula is C22H17ClN2OS. The molecule has 1 heterocycles. The maximum absolute atomic E-state index is 7.61. The van der Waals surface area contributed by atoms with E-state index in [2.05, 4.69) is 24.3 Å². The lowest BCUT2D eigenvalue weighted by Crippen LogP contribution is -2.08. The summed E-state index contributed by atoms with van der Waals surface area (Å²) in [6.07, 6.45) is 0. The van der Waals surface area contributed by atoms with Gasteiger partial charge in [0.05, 0.1) is 4.88 Å². The molecule has 0 saturated heterocycles. The van der Waals surface area contributed by atoms with Crippen molar-refractivity contribution in [3.63, 3.8) is 0 Å². The first-order chi connectivity index (χ1) is 13.1. The first-order valence-electron chi connectivity index (χ1n) is 8.44. The minimum atomic E-state index is 0.107. The standard InChI is InChI=1S/C22H17ClN2OS/c23-18-7-4-14(5-8-18)13-26-19-3-1-2-15(11-19)16-6-9-20-17(10-16)12-21(27-20)22(24)25/h1-12H,13H2,(H3,24,25). The molecule has 0 radical (unpaired) electrons. The number of benzene rings is 3. The average molecular weight is 393 g/mol. The van der Waals surface area contributed by atoms with E-state index in [1.54, 1.807) is 0 Å². The number of amidine groups is 1. The topological polar surface area (TPSA) is 59.1 Å². The van der Waals surface area contributed by atoms with Crippen molar-refractivity contribution in [1.29, 1.82) is 5.41 Å². The van der Waals surface area contributed by atoms with Gasteiger partial charge in [0.1, 0.15) is 18.2 Å². The predicted octanol–water partition coefficient (Wildman–Crippen LogP) is 6.08. The number of ether oxygens (including phenoxy) is 1. The normalized spacial score (nSPS) is 10.9. The number of nitrogens with one attached hydrogen (secondary N) is 1. The Morgan fingerprint density at radius 3 is 2.52 bits per heavy atom. The smallest absolute Gasteiger partial charge is 0.133 e. The Bertz CT molecular complexity index is 1120. The van der Waals surface area contributed by atoms with Gasteiger partial charge in [-0.05, 0) is 64.5 Å². The van der Waals surface area contributed by atoms with E-state index in [0.29, 0.717) is 6.61 Å². The van der Waals surface area contributed by atoms with Gasteiger partial charge in [0.15, 0.2) is 0 Å². The molecule has 4 rings (SSSR count). The van der Waals surface area contributed by atoms with E-state index in [4.69, 9.17) is 27.5 Å². The molecule has 5 heteroatoms. The van der Waals surface area contributed by atoms with Crippen LogP contribution in [0.3, 0.4) is 0 Å². The van der Waals surface area contributed by atoms with Crippen molar-refractivity contribution in [2.45, 2.75) is 6.61 Å². The van der Waals surface area contributed by atoms with E-state index in [0.717, 1.165) is 42.4 Å². The summed E-state index contributed by atoms with van der Waals surface area (Å²) in [6, 6.07) is 23.9. The third kappa shape index (κ3) is 3.97. The van der Waals surface area contributed by atoms with Crippen LogP contribution in [0.1, 0.15) is 10.4 Å². The first-order valence-corrected chi connectivity index (χ1v) is 9.63. The van der Waals surface area contributed by atoms with Crippen molar-refractivity contribution in [1.82, 2.24) is 0 Å². The van der Waals surface area contributed by atoms with Crippen LogP contribution in [0.4, 0.5) is 0 Å². The lowest BCUT2D eigenvalue weighted by Gasteiger charge is -2.09. The number of thiophene rings is 1. The summed E-state index contributed by atoms with van der Waals surface area (Å²) < 4.78 is 7.06. The highest BCUT2D eigenvalue weighted by atomic mass is 35.5. The molecule has 0 unspecified atom stereocenters. The van der Waals surface area contributed by atoms with Gasteiger partial charge in [-0.1, -0.05) is 41.9 Å². The molecule has 3 N–H and O–H groups in total. The molecule has 0 bridgehead atoms. The van der Waals surface area contributed by atoms with Crippen LogP contribution in [0.25, 0.3) is 21.2 Å². The molecule has 27 heavy (non-hydrogen) atoms. The van der Waals surface area contributed by atoms with Crippen molar-refractivity contribution in [3.8, 4) is 16.9 Å². The quantitative estimate of drug-likeness (QED) is 0.319. The van der Waals surface area contributed by atoms with Crippen LogP contribution in [0.2, 0.25) is 5.02 Å². The molecule has 0 amide bonds. The van der Waals surface area contributed by atoms with Crippen molar-refractivity contribution in [3.05, 3.63) is 88.3 Å².